The van der Waals surface area contributed by atoms with Crippen molar-refractivity contribution in [2.75, 3.05) is 58.7 Å². The maximum atomic E-state index is 12.1. The summed E-state index contributed by atoms with van der Waals surface area (Å²) in [6.45, 7) is 3.89. The van der Waals surface area contributed by atoms with Gasteiger partial charge in [-0.2, -0.15) is 9.97 Å². The molecule has 3 heterocycles. The lowest BCUT2D eigenvalue weighted by atomic mass is 10.1. The van der Waals surface area contributed by atoms with Crippen LogP contribution in [0.4, 0.5) is 10.7 Å². The summed E-state index contributed by atoms with van der Waals surface area (Å²) in [5.41, 5.74) is 9.51. The van der Waals surface area contributed by atoms with Gasteiger partial charge in [0.1, 0.15) is 30.7 Å². The number of nitrogens with two attached hydrogens (primary N) is 1. The van der Waals surface area contributed by atoms with Gasteiger partial charge in [0.2, 0.25) is 17.7 Å². The molecule has 3 aromatic heterocycles. The molecule has 4 rings (SSSR count). The normalized spacial score (nSPS) is 11.7. The van der Waals surface area contributed by atoms with Crippen LogP contribution in [0.2, 0.25) is 0 Å². The lowest BCUT2D eigenvalue weighted by molar-refractivity contribution is -0.140. The molecule has 58 heavy (non-hydrogen) atoms. The number of urea groups is 1. The molecule has 0 unspecified atom stereocenters. The fourth-order valence-corrected chi connectivity index (χ4v) is 5.18. The number of ether oxygens (including phenoxy) is 5. The highest BCUT2D eigenvalue weighted by Crippen LogP contribution is 2.21. The second kappa shape index (κ2) is 25.3. The number of hydrogen-bond donors (Lipinski definition) is 7. The second-order valence-corrected chi connectivity index (χ2v) is 12.8. The van der Waals surface area contributed by atoms with Gasteiger partial charge in [-0.05, 0) is 43.2 Å². The van der Waals surface area contributed by atoms with Crippen LogP contribution in [0.15, 0.2) is 36.8 Å². The Bertz CT molecular complexity index is 1860. The van der Waals surface area contributed by atoms with Gasteiger partial charge in [0.25, 0.3) is 0 Å². The molecule has 0 saturated heterocycles. The summed E-state index contributed by atoms with van der Waals surface area (Å²) in [6, 6.07) is 6.05. The van der Waals surface area contributed by atoms with E-state index in [1.165, 1.54) is 6.33 Å². The number of aromatic nitrogens is 7. The number of fused-ring (bicyclic) bond motifs is 1. The van der Waals surface area contributed by atoms with Crippen molar-refractivity contribution in [1.82, 2.24) is 50.9 Å². The average molecular weight is 814 g/mol. The fourth-order valence-electron chi connectivity index (χ4n) is 5.18. The number of nitrogens with zero attached hydrogens (tertiary/aromatic N) is 6. The predicted molar refractivity (Wildman–Crippen MR) is 204 cm³/mol. The standard InChI is InChI=1S/C36H51N11O11/c37-35-43-32-31(40-23-41-32)33(44-35)58-21-26-7-5-25(6-8-26)11-16-54-17-13-38-29(48)4-3-15-56-24-57-19-18-55-22-27-20-47(46-45-27)14-2-1-12-39-36(53)42-28(34(51)52)9-10-30(49)50/h5-8,20,23,28H,1-4,9-19,21-22,24H2,(H,38,48)(H,49,50)(H,51,52)(H2,39,42,53)(H3,37,40,41,43,44)/t28-/m0/s1. The number of aromatic amines is 1. The van der Waals surface area contributed by atoms with E-state index in [0.29, 0.717) is 108 Å². The number of anilines is 1. The summed E-state index contributed by atoms with van der Waals surface area (Å²) >= 11 is 0. The first-order valence-electron chi connectivity index (χ1n) is 18.8. The molecular weight excluding hydrogens is 762 g/mol. The fraction of sp³-hybridized carbons (Fsp3) is 0.528. The summed E-state index contributed by atoms with van der Waals surface area (Å²) < 4.78 is 29.5. The minimum atomic E-state index is -1.30. The molecule has 3 amide bonds. The van der Waals surface area contributed by atoms with E-state index < -0.39 is 24.0 Å². The number of unbranched alkanes of at least 4 members (excludes halogenated alkanes) is 1. The summed E-state index contributed by atoms with van der Waals surface area (Å²) in [7, 11) is 0. The lowest BCUT2D eigenvalue weighted by Crippen LogP contribution is -2.46. The maximum Gasteiger partial charge on any atom is 0.326 e. The van der Waals surface area contributed by atoms with E-state index in [0.717, 1.165) is 17.5 Å². The largest absolute Gasteiger partial charge is 0.481 e. The van der Waals surface area contributed by atoms with Gasteiger partial charge in [0, 0.05) is 39.1 Å². The Kier molecular flexibility index (Phi) is 19.5. The molecule has 1 aromatic carbocycles. The minimum Gasteiger partial charge on any atom is -0.481 e. The molecule has 0 aliphatic heterocycles. The lowest BCUT2D eigenvalue weighted by Gasteiger charge is -2.14. The summed E-state index contributed by atoms with van der Waals surface area (Å²) in [6.07, 6.45) is 5.60. The maximum absolute atomic E-state index is 12.1. The Hall–Kier alpha value is -5.97. The molecule has 4 aromatic rings. The first-order valence-corrected chi connectivity index (χ1v) is 18.8. The number of carboxylic acid groups (broad SMARTS) is 2. The topological polar surface area (TPSA) is 302 Å². The van der Waals surface area contributed by atoms with Gasteiger partial charge in [-0.15, -0.1) is 5.10 Å². The van der Waals surface area contributed by atoms with E-state index in [1.807, 2.05) is 24.3 Å². The quantitative estimate of drug-likeness (QED) is 0.0287. The highest BCUT2D eigenvalue weighted by atomic mass is 16.7. The van der Waals surface area contributed by atoms with Crippen molar-refractivity contribution in [3.63, 3.8) is 0 Å². The zero-order valence-corrected chi connectivity index (χ0v) is 32.1. The molecule has 22 heteroatoms. The Morgan fingerprint density at radius 2 is 1.64 bits per heavy atom. The number of aryl methyl sites for hydroxylation is 1. The van der Waals surface area contributed by atoms with Crippen molar-refractivity contribution >= 4 is 41.0 Å². The molecular formula is C36H51N11O11. The number of aliphatic carboxylic acids is 2. The Labute approximate surface area is 333 Å². The van der Waals surface area contributed by atoms with Gasteiger partial charge in [0.15, 0.2) is 5.65 Å². The Balaban J connectivity index is 0.901. The molecule has 0 fully saturated rings. The van der Waals surface area contributed by atoms with Gasteiger partial charge < -0.3 is 60.6 Å². The van der Waals surface area contributed by atoms with Crippen LogP contribution in [0, 0.1) is 0 Å². The highest BCUT2D eigenvalue weighted by molar-refractivity contribution is 5.83. The van der Waals surface area contributed by atoms with Gasteiger partial charge >= 0.3 is 18.0 Å². The van der Waals surface area contributed by atoms with Crippen LogP contribution in [0.25, 0.3) is 11.2 Å². The van der Waals surface area contributed by atoms with E-state index >= 15 is 0 Å². The van der Waals surface area contributed by atoms with Crippen molar-refractivity contribution < 1.29 is 53.1 Å². The minimum absolute atomic E-state index is 0.0734. The van der Waals surface area contributed by atoms with Crippen LogP contribution >= 0.6 is 0 Å². The molecule has 0 bridgehead atoms. The molecule has 0 saturated carbocycles. The molecule has 0 spiro atoms. The molecule has 316 valence electrons. The van der Waals surface area contributed by atoms with Crippen molar-refractivity contribution in [2.24, 2.45) is 0 Å². The number of rotatable bonds is 30. The molecule has 0 aliphatic rings. The second-order valence-electron chi connectivity index (χ2n) is 12.8. The van der Waals surface area contributed by atoms with Crippen LogP contribution in [0.5, 0.6) is 5.88 Å². The van der Waals surface area contributed by atoms with Gasteiger partial charge in [-0.25, -0.2) is 14.6 Å². The average Bonchev–Trinajstić information content (AvgIpc) is 3.87. The summed E-state index contributed by atoms with van der Waals surface area (Å²) in [5, 5.41) is 33.6. The number of imidazole rings is 1. The van der Waals surface area contributed by atoms with Crippen molar-refractivity contribution in [3.8, 4) is 5.88 Å². The zero-order valence-electron chi connectivity index (χ0n) is 32.1. The molecule has 8 N–H and O–H groups in total. The van der Waals surface area contributed by atoms with Crippen LogP contribution in [-0.2, 0) is 59.5 Å². The number of hydrogen-bond acceptors (Lipinski definition) is 15. The van der Waals surface area contributed by atoms with Crippen LogP contribution in [0.1, 0.15) is 55.3 Å². The number of amides is 3. The number of benzene rings is 1. The third-order valence-electron chi connectivity index (χ3n) is 8.19. The smallest absolute Gasteiger partial charge is 0.326 e. The Morgan fingerprint density at radius 1 is 0.845 bits per heavy atom. The van der Waals surface area contributed by atoms with Crippen LogP contribution < -0.4 is 26.4 Å². The van der Waals surface area contributed by atoms with Crippen molar-refractivity contribution in [2.45, 2.75) is 70.7 Å². The Morgan fingerprint density at radius 3 is 2.45 bits per heavy atom. The van der Waals surface area contributed by atoms with Gasteiger partial charge in [0.05, 0.1) is 45.6 Å². The monoisotopic (exact) mass is 813 g/mol. The third kappa shape index (κ3) is 17.4. The highest BCUT2D eigenvalue weighted by Gasteiger charge is 2.20. The predicted octanol–water partition coefficient (Wildman–Crippen LogP) is 1.17. The number of nitrogens with one attached hydrogen (secondary N) is 4. The molecule has 0 radical (unpaired) electrons. The van der Waals surface area contributed by atoms with Gasteiger partial charge in [-0.1, -0.05) is 29.5 Å². The molecule has 1 atom stereocenters. The van der Waals surface area contributed by atoms with Crippen LogP contribution in [0.3, 0.4) is 0 Å². The SMILES string of the molecule is Nc1nc(OCc2ccc(CCOCCNC(=O)CCCOCOCCOCc3cn(CCCCNC(=O)N[C@@H](CCC(=O)O)C(=O)O)nn3)cc2)c2[nH]cnc2n1. The number of carboxylic acids is 2. The third-order valence-corrected chi connectivity index (χ3v) is 8.19. The number of carbonyl (C=O) groups is 4. The molecule has 0 aliphatic carbocycles. The first kappa shape index (κ1) is 44.7. The van der Waals surface area contributed by atoms with E-state index in [-0.39, 0.29) is 38.1 Å². The number of carbonyl (C=O) groups excluding carboxylic acids is 2. The van der Waals surface area contributed by atoms with E-state index in [4.69, 9.17) is 39.6 Å². The van der Waals surface area contributed by atoms with Crippen molar-refractivity contribution in [1.29, 1.82) is 0 Å². The van der Waals surface area contributed by atoms with Crippen LogP contribution in [-0.4, -0.2) is 128 Å². The van der Waals surface area contributed by atoms with E-state index in [9.17, 15) is 19.2 Å². The summed E-state index contributed by atoms with van der Waals surface area (Å²) in [5.74, 6) is -2.06. The number of H-pyrrole nitrogens is 1. The van der Waals surface area contributed by atoms with E-state index in [1.54, 1.807) is 10.9 Å². The van der Waals surface area contributed by atoms with Crippen molar-refractivity contribution in [3.05, 3.63) is 53.6 Å². The number of nitrogen functional groups attached to an aromatic ring is 1. The van der Waals surface area contributed by atoms with Gasteiger partial charge in [-0.3, -0.25) is 14.3 Å². The summed E-state index contributed by atoms with van der Waals surface area (Å²) in [4.78, 5) is 61.1. The zero-order chi connectivity index (χ0) is 41.4. The van der Waals surface area contributed by atoms with E-state index in [2.05, 4.69) is 46.2 Å². The first-order chi connectivity index (χ1) is 28.2. The molecule has 22 nitrogen and oxygen atoms in total.